The third-order valence-corrected chi connectivity index (χ3v) is 3.26. The minimum Gasteiger partial charge on any atom is -0.370 e. The van der Waals surface area contributed by atoms with E-state index >= 15 is 0 Å². The second-order valence-electron chi connectivity index (χ2n) is 6.22. The molecule has 0 unspecified atom stereocenters. The van der Waals surface area contributed by atoms with Crippen molar-refractivity contribution in [3.8, 4) is 0 Å². The molecule has 0 aliphatic rings. The first-order chi connectivity index (χ1) is 9.35. The first-order valence-electron chi connectivity index (χ1n) is 6.96. The van der Waals surface area contributed by atoms with Crippen LogP contribution in [0, 0.1) is 0 Å². The number of nitrogens with two attached hydrogens (primary N) is 1. The van der Waals surface area contributed by atoms with Crippen molar-refractivity contribution in [2.24, 2.45) is 5.73 Å². The number of carbonyl (C=O) groups excluding carboxylic acids is 1. The van der Waals surface area contributed by atoms with Crippen molar-refractivity contribution in [3.05, 3.63) is 36.0 Å². The molecule has 1 amide bonds. The molecule has 1 aromatic heterocycles. The Balaban J connectivity index is 2.13. The Morgan fingerprint density at radius 3 is 2.70 bits per heavy atom. The first-order valence-corrected chi connectivity index (χ1v) is 6.96. The van der Waals surface area contributed by atoms with Crippen LogP contribution >= 0.6 is 0 Å². The van der Waals surface area contributed by atoms with Gasteiger partial charge in [-0.2, -0.15) is 0 Å². The lowest BCUT2D eigenvalue weighted by molar-refractivity contribution is -0.118. The maximum Gasteiger partial charge on any atom is 0.219 e. The Labute approximate surface area is 120 Å². The molecule has 1 aromatic carbocycles. The highest BCUT2D eigenvalue weighted by atomic mass is 16.1. The maximum absolute atomic E-state index is 10.9. The monoisotopic (exact) mass is 273 g/mol. The van der Waals surface area contributed by atoms with E-state index in [1.807, 2.05) is 6.20 Å². The summed E-state index contributed by atoms with van der Waals surface area (Å²) in [6.45, 7) is 7.97. The van der Waals surface area contributed by atoms with Crippen molar-refractivity contribution in [2.45, 2.75) is 45.8 Å². The zero-order valence-corrected chi connectivity index (χ0v) is 12.4. The number of nitrogens with one attached hydrogen (secondary N) is 1. The summed E-state index contributed by atoms with van der Waals surface area (Å²) in [4.78, 5) is 10.9. The standard InChI is InChI=1S/C16H23N3O/c1-16(2,3)18-11-12-4-5-14-13(10-12)6-8-19(14)9-7-15(17)20/h4-6,8,10,18H,7,9,11H2,1-3H3,(H2,17,20). The van der Waals surface area contributed by atoms with E-state index in [4.69, 9.17) is 5.73 Å². The molecule has 0 aliphatic carbocycles. The van der Waals surface area contributed by atoms with E-state index in [0.717, 1.165) is 12.1 Å². The van der Waals surface area contributed by atoms with E-state index in [1.165, 1.54) is 10.9 Å². The molecule has 2 aromatic rings. The molecule has 0 atom stereocenters. The van der Waals surface area contributed by atoms with Gasteiger partial charge in [0, 0.05) is 36.8 Å². The average molecular weight is 273 g/mol. The van der Waals surface area contributed by atoms with Crippen LogP contribution in [0.1, 0.15) is 32.8 Å². The summed E-state index contributed by atoms with van der Waals surface area (Å²) < 4.78 is 2.07. The predicted octanol–water partition coefficient (Wildman–Crippen LogP) is 2.40. The van der Waals surface area contributed by atoms with Crippen LogP contribution in [0.15, 0.2) is 30.5 Å². The van der Waals surface area contributed by atoms with Gasteiger partial charge in [0.25, 0.3) is 0 Å². The summed E-state index contributed by atoms with van der Waals surface area (Å²) in [6, 6.07) is 8.50. The van der Waals surface area contributed by atoms with Crippen molar-refractivity contribution >= 4 is 16.8 Å². The van der Waals surface area contributed by atoms with E-state index < -0.39 is 0 Å². The van der Waals surface area contributed by atoms with Crippen LogP contribution in [0.5, 0.6) is 0 Å². The highest BCUT2D eigenvalue weighted by Gasteiger charge is 2.09. The lowest BCUT2D eigenvalue weighted by Crippen LogP contribution is -2.35. The molecule has 108 valence electrons. The van der Waals surface area contributed by atoms with Gasteiger partial charge in [0.2, 0.25) is 5.91 Å². The van der Waals surface area contributed by atoms with E-state index in [1.54, 1.807) is 0 Å². The second-order valence-corrected chi connectivity index (χ2v) is 6.22. The number of hydrogen-bond acceptors (Lipinski definition) is 2. The van der Waals surface area contributed by atoms with Gasteiger partial charge in [0.05, 0.1) is 0 Å². The van der Waals surface area contributed by atoms with Crippen LogP contribution in [0.25, 0.3) is 10.9 Å². The number of rotatable bonds is 5. The Bertz CT molecular complexity index is 608. The molecule has 0 aliphatic heterocycles. The Morgan fingerprint density at radius 2 is 2.05 bits per heavy atom. The topological polar surface area (TPSA) is 60.1 Å². The number of benzene rings is 1. The fourth-order valence-corrected chi connectivity index (χ4v) is 2.15. The second kappa shape index (κ2) is 5.67. The highest BCUT2D eigenvalue weighted by Crippen LogP contribution is 2.18. The Hall–Kier alpha value is -1.81. The molecule has 0 radical (unpaired) electrons. The minimum atomic E-state index is -0.266. The van der Waals surface area contributed by atoms with Gasteiger partial charge in [0.1, 0.15) is 0 Å². The summed E-state index contributed by atoms with van der Waals surface area (Å²) in [6.07, 6.45) is 2.38. The average Bonchev–Trinajstić information content (AvgIpc) is 2.75. The largest absolute Gasteiger partial charge is 0.370 e. The minimum absolute atomic E-state index is 0.113. The van der Waals surface area contributed by atoms with E-state index in [9.17, 15) is 4.79 Å². The van der Waals surface area contributed by atoms with Crippen LogP contribution in [-0.4, -0.2) is 16.0 Å². The van der Waals surface area contributed by atoms with Gasteiger partial charge >= 0.3 is 0 Å². The molecule has 0 spiro atoms. The number of aryl methyl sites for hydroxylation is 1. The molecule has 0 saturated carbocycles. The zero-order chi connectivity index (χ0) is 14.8. The summed E-state index contributed by atoms with van der Waals surface area (Å²) >= 11 is 0. The van der Waals surface area contributed by atoms with Gasteiger partial charge in [-0.15, -0.1) is 0 Å². The maximum atomic E-state index is 10.9. The molecule has 20 heavy (non-hydrogen) atoms. The fourth-order valence-electron chi connectivity index (χ4n) is 2.15. The number of fused-ring (bicyclic) bond motifs is 1. The molecule has 0 fully saturated rings. The molecule has 2 rings (SSSR count). The van der Waals surface area contributed by atoms with Gasteiger partial charge in [-0.25, -0.2) is 0 Å². The van der Waals surface area contributed by atoms with E-state index in [2.05, 4.69) is 54.9 Å². The van der Waals surface area contributed by atoms with Crippen molar-refractivity contribution in [3.63, 3.8) is 0 Å². The number of carbonyl (C=O) groups is 1. The number of nitrogens with zero attached hydrogens (tertiary/aromatic N) is 1. The van der Waals surface area contributed by atoms with E-state index in [-0.39, 0.29) is 11.4 Å². The molecule has 1 heterocycles. The van der Waals surface area contributed by atoms with Crippen molar-refractivity contribution in [2.75, 3.05) is 0 Å². The highest BCUT2D eigenvalue weighted by molar-refractivity contribution is 5.81. The van der Waals surface area contributed by atoms with Gasteiger partial charge in [0.15, 0.2) is 0 Å². The van der Waals surface area contributed by atoms with Crippen molar-refractivity contribution in [1.82, 2.24) is 9.88 Å². The smallest absolute Gasteiger partial charge is 0.219 e. The number of amides is 1. The normalized spacial score (nSPS) is 11.9. The molecule has 0 saturated heterocycles. The van der Waals surface area contributed by atoms with Gasteiger partial charge < -0.3 is 15.6 Å². The summed E-state index contributed by atoms with van der Waals surface area (Å²) in [7, 11) is 0. The number of primary amides is 1. The molecule has 0 bridgehead atoms. The van der Waals surface area contributed by atoms with E-state index in [0.29, 0.717) is 13.0 Å². The Morgan fingerprint density at radius 1 is 1.30 bits per heavy atom. The van der Waals surface area contributed by atoms with Crippen LogP contribution in [0.2, 0.25) is 0 Å². The van der Waals surface area contributed by atoms with Crippen LogP contribution in [0.4, 0.5) is 0 Å². The number of hydrogen-bond donors (Lipinski definition) is 2. The predicted molar refractivity (Wildman–Crippen MR) is 82.3 cm³/mol. The molecule has 3 N–H and O–H groups in total. The summed E-state index contributed by atoms with van der Waals surface area (Å²) in [5.74, 6) is -0.266. The van der Waals surface area contributed by atoms with Crippen LogP contribution in [0.3, 0.4) is 0 Å². The molecular formula is C16H23N3O. The Kier molecular flexibility index (Phi) is 4.14. The SMILES string of the molecule is CC(C)(C)NCc1ccc2c(ccn2CCC(N)=O)c1. The molecule has 4 heteroatoms. The first kappa shape index (κ1) is 14.6. The molecule has 4 nitrogen and oxygen atoms in total. The summed E-state index contributed by atoms with van der Waals surface area (Å²) in [5.41, 5.74) is 7.72. The van der Waals surface area contributed by atoms with Gasteiger partial charge in [-0.05, 0) is 49.9 Å². The van der Waals surface area contributed by atoms with Gasteiger partial charge in [-0.1, -0.05) is 6.07 Å². The third-order valence-electron chi connectivity index (χ3n) is 3.26. The van der Waals surface area contributed by atoms with Crippen LogP contribution < -0.4 is 11.1 Å². The summed E-state index contributed by atoms with van der Waals surface area (Å²) in [5, 5.41) is 4.68. The zero-order valence-electron chi connectivity index (χ0n) is 12.4. The quantitative estimate of drug-likeness (QED) is 0.879. The third kappa shape index (κ3) is 3.84. The van der Waals surface area contributed by atoms with Crippen LogP contribution in [-0.2, 0) is 17.9 Å². The lowest BCUT2D eigenvalue weighted by atomic mass is 10.1. The van der Waals surface area contributed by atoms with Gasteiger partial charge in [-0.3, -0.25) is 4.79 Å². The molecular weight excluding hydrogens is 250 g/mol. The van der Waals surface area contributed by atoms with Crippen molar-refractivity contribution in [1.29, 1.82) is 0 Å². The lowest BCUT2D eigenvalue weighted by Gasteiger charge is -2.20. The number of aromatic nitrogens is 1. The fraction of sp³-hybridized carbons (Fsp3) is 0.438. The van der Waals surface area contributed by atoms with Crippen molar-refractivity contribution < 1.29 is 4.79 Å².